The highest BCUT2D eigenvalue weighted by Crippen LogP contribution is 2.17. The van der Waals surface area contributed by atoms with Gasteiger partial charge in [-0.2, -0.15) is 0 Å². The molecule has 62 heavy (non-hydrogen) atoms. The molecule has 16 heteroatoms. The zero-order valence-corrected chi connectivity index (χ0v) is 40.9. The van der Waals surface area contributed by atoms with Crippen molar-refractivity contribution >= 4 is 53.2 Å². The Morgan fingerprint density at radius 3 is 1.84 bits per heavy atom. The van der Waals surface area contributed by atoms with Crippen LogP contribution in [0.1, 0.15) is 107 Å². The number of ether oxygens (including phenoxy) is 1. The molecule has 5 atom stereocenters. The number of carboxylic acid groups (broad SMARTS) is 1. The summed E-state index contributed by atoms with van der Waals surface area (Å²) in [6.45, 7) is 21.3. The number of nitrogens with zero attached hydrogens (tertiary/aromatic N) is 2. The lowest BCUT2D eigenvalue weighted by molar-refractivity contribution is -0.146. The molecule has 0 aliphatic rings. The molecule has 0 aliphatic heterocycles. The van der Waals surface area contributed by atoms with Crippen molar-refractivity contribution in [3.05, 3.63) is 59.2 Å². The lowest BCUT2D eigenvalue weighted by atomic mass is 9.97. The summed E-state index contributed by atoms with van der Waals surface area (Å²) in [7, 11) is 2.71. The third kappa shape index (κ3) is 32.1. The maximum absolute atomic E-state index is 12.8. The number of carbonyl (C=O) groups is 7. The van der Waals surface area contributed by atoms with Crippen molar-refractivity contribution in [2.24, 2.45) is 17.8 Å². The minimum absolute atomic E-state index is 0.236. The van der Waals surface area contributed by atoms with Crippen LogP contribution in [0.25, 0.3) is 0 Å². The molecular weight excluding hydrogens is 815 g/mol. The Morgan fingerprint density at radius 2 is 1.39 bits per heavy atom. The van der Waals surface area contributed by atoms with Crippen LogP contribution in [-0.4, -0.2) is 126 Å². The number of likely N-dealkylation sites (N-methyl/N-ethyl adjacent to an activating group) is 2. The molecule has 4 unspecified atom stereocenters. The lowest BCUT2D eigenvalue weighted by Crippen LogP contribution is -2.55. The summed E-state index contributed by atoms with van der Waals surface area (Å²) in [5.74, 6) is -3.79. The van der Waals surface area contributed by atoms with Crippen molar-refractivity contribution in [2.45, 2.75) is 127 Å². The number of carbonyl (C=O) groups excluding carboxylic acids is 6. The highest BCUT2D eigenvalue weighted by atomic mass is 32.2. The largest absolute Gasteiger partial charge is 0.480 e. The molecule has 0 bridgehead atoms. The first kappa shape index (κ1) is 61.6. The second-order valence-electron chi connectivity index (χ2n) is 16.0. The molecule has 1 aromatic rings. The number of esters is 1. The van der Waals surface area contributed by atoms with Gasteiger partial charge in [-0.25, -0.2) is 4.79 Å². The molecular formula is C46H79N5O10S. The van der Waals surface area contributed by atoms with Crippen LogP contribution in [0.5, 0.6) is 0 Å². The number of thioether (sulfide) groups is 1. The summed E-state index contributed by atoms with van der Waals surface area (Å²) < 4.78 is 5.07. The quantitative estimate of drug-likeness (QED) is 0.0434. The third-order valence-electron chi connectivity index (χ3n) is 8.84. The second-order valence-corrected chi connectivity index (χ2v) is 16.9. The Kier molecular flexibility index (Phi) is 35.6. The number of hydrogen-bond acceptors (Lipinski definition) is 10. The van der Waals surface area contributed by atoms with Gasteiger partial charge in [-0.3, -0.25) is 28.8 Å². The molecule has 0 saturated carbocycles. The zero-order chi connectivity index (χ0) is 48.5. The van der Waals surface area contributed by atoms with Gasteiger partial charge in [0.05, 0.1) is 19.0 Å². The van der Waals surface area contributed by atoms with Crippen molar-refractivity contribution in [2.75, 3.05) is 46.0 Å². The van der Waals surface area contributed by atoms with Gasteiger partial charge in [-0.1, -0.05) is 102 Å². The predicted octanol–water partition coefficient (Wildman–Crippen LogP) is 5.75. The average molecular weight is 894 g/mol. The molecule has 0 spiro atoms. The van der Waals surface area contributed by atoms with Crippen molar-refractivity contribution < 1.29 is 48.5 Å². The van der Waals surface area contributed by atoms with Gasteiger partial charge >= 0.3 is 11.9 Å². The highest BCUT2D eigenvalue weighted by molar-refractivity contribution is 7.98. The maximum atomic E-state index is 12.8. The Morgan fingerprint density at radius 1 is 0.839 bits per heavy atom. The van der Waals surface area contributed by atoms with E-state index in [1.54, 1.807) is 19.9 Å². The van der Waals surface area contributed by atoms with E-state index in [9.17, 15) is 33.6 Å². The SMILES string of the molecule is C/C=C(\C)CC(C)CC/C=C(\C)C(=O)OCC(=O)NC(C)C(=O)N(C)CC(=O)N(C)CC(=O)NC(C(=O)N[C@H](C)C(=O)O)C(C)CC.CC(C)C.CSCO.Cc1ccccc1. The predicted molar refractivity (Wildman–Crippen MR) is 249 cm³/mol. The number of allylic oxidation sites excluding steroid dienone is 3. The summed E-state index contributed by atoms with van der Waals surface area (Å²) in [4.78, 5) is 88.7. The van der Waals surface area contributed by atoms with Gasteiger partial charge in [0.1, 0.15) is 18.1 Å². The number of aliphatic hydroxyl groups excluding tert-OH is 1. The standard InChI is InChI=1S/C33H55N5O9.C7H8.C4H10.C2H6OS/c1-11-20(3)16-21(4)14-13-15-23(6)33(46)47-19-27(40)34-24(7)31(43)38(10)18-28(41)37(9)17-26(39)36-29(22(5)12-2)30(42)35-25(8)32(44)45;1-7-5-3-2-4-6-7;1-4(2)3;1-4-2-3/h11,15,21-22,24-25,29H,12-14,16-19H2,1-10H3,(H,34,40)(H,35,42)(H,36,39)(H,44,45);2-6H,1H3;4H,1-3H3;3H,2H2,1H3/b20-11+,23-15+;;;/t21?,22?,24?,25-,29?;;;/m1.../s1. The van der Waals surface area contributed by atoms with Crippen LogP contribution in [0.15, 0.2) is 53.6 Å². The normalized spacial score (nSPS) is 13.3. The van der Waals surface area contributed by atoms with E-state index in [0.717, 1.165) is 28.6 Å². The maximum Gasteiger partial charge on any atom is 0.333 e. The van der Waals surface area contributed by atoms with Crippen molar-refractivity contribution in [3.63, 3.8) is 0 Å². The van der Waals surface area contributed by atoms with Crippen LogP contribution >= 0.6 is 11.8 Å². The number of aliphatic hydroxyl groups is 1. The molecule has 1 aromatic carbocycles. The summed E-state index contributed by atoms with van der Waals surface area (Å²) in [5.41, 5.74) is 3.02. The minimum Gasteiger partial charge on any atom is -0.480 e. The number of aliphatic carboxylic acids is 1. The molecule has 0 radical (unpaired) electrons. The fourth-order valence-electron chi connectivity index (χ4n) is 4.88. The van der Waals surface area contributed by atoms with E-state index in [-0.39, 0.29) is 11.9 Å². The van der Waals surface area contributed by atoms with Crippen LogP contribution in [0.3, 0.4) is 0 Å². The molecule has 0 saturated heterocycles. The van der Waals surface area contributed by atoms with Crippen molar-refractivity contribution in [3.8, 4) is 0 Å². The molecule has 1 rings (SSSR count). The van der Waals surface area contributed by atoms with Gasteiger partial charge in [-0.05, 0) is 84.8 Å². The van der Waals surface area contributed by atoms with E-state index in [0.29, 0.717) is 24.3 Å². The Bertz CT molecular complexity index is 1550. The van der Waals surface area contributed by atoms with Crippen LogP contribution < -0.4 is 16.0 Å². The number of aryl methyl sites for hydroxylation is 1. The second kappa shape index (κ2) is 35.9. The van der Waals surface area contributed by atoms with Gasteiger partial charge in [0.25, 0.3) is 5.91 Å². The Balaban J connectivity index is -0.00000195. The molecule has 15 nitrogen and oxygen atoms in total. The number of hydrogen-bond donors (Lipinski definition) is 5. The molecule has 5 N–H and O–H groups in total. The average Bonchev–Trinajstić information content (AvgIpc) is 3.21. The minimum atomic E-state index is -1.22. The van der Waals surface area contributed by atoms with E-state index in [2.05, 4.69) is 75.7 Å². The van der Waals surface area contributed by atoms with Gasteiger partial charge in [0.15, 0.2) is 6.61 Å². The summed E-state index contributed by atoms with van der Waals surface area (Å²) >= 11 is 1.41. The number of nitrogens with one attached hydrogen (secondary N) is 3. The van der Waals surface area contributed by atoms with E-state index < -0.39 is 79.3 Å². The summed E-state index contributed by atoms with van der Waals surface area (Å²) in [6, 6.07) is 7.06. The monoisotopic (exact) mass is 894 g/mol. The Labute approximate surface area is 376 Å². The first-order chi connectivity index (χ1) is 28.9. The van der Waals surface area contributed by atoms with Gasteiger partial charge in [0, 0.05) is 19.7 Å². The molecule has 0 fully saturated rings. The smallest absolute Gasteiger partial charge is 0.333 e. The first-order valence-corrected chi connectivity index (χ1v) is 22.5. The van der Waals surface area contributed by atoms with E-state index in [1.807, 2.05) is 38.3 Å². The molecule has 0 aliphatic carbocycles. The topological polar surface area (TPSA) is 212 Å². The lowest BCUT2D eigenvalue weighted by Gasteiger charge is -2.27. The first-order valence-electron chi connectivity index (χ1n) is 21.1. The van der Waals surface area contributed by atoms with Gasteiger partial charge < -0.3 is 40.7 Å². The number of benzene rings is 1. The van der Waals surface area contributed by atoms with Crippen LogP contribution in [0.4, 0.5) is 0 Å². The van der Waals surface area contributed by atoms with E-state index >= 15 is 0 Å². The zero-order valence-electron chi connectivity index (χ0n) is 40.1. The highest BCUT2D eigenvalue weighted by Gasteiger charge is 2.29. The van der Waals surface area contributed by atoms with Crippen LogP contribution in [0, 0.1) is 24.7 Å². The number of amides is 5. The van der Waals surface area contributed by atoms with E-state index in [1.165, 1.54) is 50.8 Å². The third-order valence-corrected chi connectivity index (χ3v) is 9.10. The fraction of sp³-hybridized carbons (Fsp3) is 0.630. The summed E-state index contributed by atoms with van der Waals surface area (Å²) in [6.07, 6.45) is 8.82. The van der Waals surface area contributed by atoms with Crippen LogP contribution in [-0.2, 0) is 38.3 Å². The van der Waals surface area contributed by atoms with Gasteiger partial charge in [-0.15, -0.1) is 11.8 Å². The van der Waals surface area contributed by atoms with Crippen molar-refractivity contribution in [1.29, 1.82) is 0 Å². The van der Waals surface area contributed by atoms with Crippen LogP contribution in [0.2, 0.25) is 0 Å². The van der Waals surface area contributed by atoms with Gasteiger partial charge in [0.2, 0.25) is 23.6 Å². The number of carboxylic acids is 1. The van der Waals surface area contributed by atoms with E-state index in [4.69, 9.17) is 14.9 Å². The molecule has 5 amide bonds. The molecule has 354 valence electrons. The van der Waals surface area contributed by atoms with Crippen molar-refractivity contribution in [1.82, 2.24) is 25.8 Å². The molecule has 0 heterocycles. The summed E-state index contributed by atoms with van der Waals surface area (Å²) in [5, 5.41) is 24.2. The molecule has 0 aromatic heterocycles. The number of rotatable bonds is 21. The fourth-order valence-corrected chi connectivity index (χ4v) is 4.88. The Hall–Kier alpha value is -4.70.